The van der Waals surface area contributed by atoms with Crippen LogP contribution >= 0.6 is 0 Å². The Balaban J connectivity index is 4.55. The molecule has 3 N–H and O–H groups in total. The maximum Gasteiger partial charge on any atom is 0.333 e. The maximum absolute atomic E-state index is 11.1. The van der Waals surface area contributed by atoms with Crippen molar-refractivity contribution in [3.63, 3.8) is 0 Å². The van der Waals surface area contributed by atoms with E-state index in [4.69, 9.17) is 5.11 Å². The van der Waals surface area contributed by atoms with Crippen LogP contribution in [-0.4, -0.2) is 52.0 Å². The van der Waals surface area contributed by atoms with Crippen molar-refractivity contribution in [2.75, 3.05) is 0 Å². The summed E-state index contributed by atoms with van der Waals surface area (Å²) in [6, 6.07) is 0. The molecule has 6 nitrogen and oxygen atoms in total. The molecule has 0 unspecified atom stereocenters. The maximum atomic E-state index is 11.1. The number of carbonyl (C=O) groups excluding carboxylic acids is 2. The number of hydrogen-bond donors (Lipinski definition) is 3. The summed E-state index contributed by atoms with van der Waals surface area (Å²) in [5.74, 6) is -0.853. The minimum Gasteiger partial charge on any atom is -0.448 e. The van der Waals surface area contributed by atoms with Crippen LogP contribution in [0.3, 0.4) is 0 Å². The van der Waals surface area contributed by atoms with Crippen LogP contribution in [-0.2, 0) is 14.3 Å². The molecule has 0 saturated carbocycles. The highest BCUT2D eigenvalue weighted by molar-refractivity contribution is 5.88. The molecular formula is C10H16O6. The van der Waals surface area contributed by atoms with Crippen LogP contribution in [0.25, 0.3) is 0 Å². The third kappa shape index (κ3) is 4.09. The lowest BCUT2D eigenvalue weighted by Crippen LogP contribution is -2.46. The number of aliphatic hydroxyl groups is 3. The molecule has 92 valence electrons. The van der Waals surface area contributed by atoms with Crippen LogP contribution in [0.1, 0.15) is 13.8 Å². The van der Waals surface area contributed by atoms with Gasteiger partial charge in [0.05, 0.1) is 6.10 Å². The standard InChI is InChI=1S/C10H16O6/c1-5(2)10(15)16-7(4-11)9(14)8(13)6(3)12/h4,6-9,12-14H,1H2,2-3H3/t6-,7-,8-,9-/m1/s1. The van der Waals surface area contributed by atoms with Crippen LogP contribution in [0.4, 0.5) is 0 Å². The lowest BCUT2D eigenvalue weighted by atomic mass is 10.0. The van der Waals surface area contributed by atoms with Gasteiger partial charge in [-0.15, -0.1) is 0 Å². The second-order valence-electron chi connectivity index (χ2n) is 3.51. The van der Waals surface area contributed by atoms with Crippen LogP contribution in [0.2, 0.25) is 0 Å². The van der Waals surface area contributed by atoms with E-state index in [-0.39, 0.29) is 11.9 Å². The largest absolute Gasteiger partial charge is 0.448 e. The third-order valence-electron chi connectivity index (χ3n) is 1.91. The van der Waals surface area contributed by atoms with Gasteiger partial charge in [-0.25, -0.2) is 4.79 Å². The van der Waals surface area contributed by atoms with E-state index in [1.807, 2.05) is 0 Å². The summed E-state index contributed by atoms with van der Waals surface area (Å²) in [7, 11) is 0. The lowest BCUT2D eigenvalue weighted by Gasteiger charge is -2.24. The van der Waals surface area contributed by atoms with Crippen LogP contribution < -0.4 is 0 Å². The summed E-state index contributed by atoms with van der Waals surface area (Å²) >= 11 is 0. The Bertz CT molecular complexity index is 272. The van der Waals surface area contributed by atoms with E-state index in [1.54, 1.807) is 0 Å². The topological polar surface area (TPSA) is 104 Å². The number of ether oxygens (including phenoxy) is 1. The quantitative estimate of drug-likeness (QED) is 0.301. The van der Waals surface area contributed by atoms with E-state index < -0.39 is 30.4 Å². The molecule has 0 saturated heterocycles. The molecule has 0 aliphatic rings. The molecule has 4 atom stereocenters. The van der Waals surface area contributed by atoms with Crippen molar-refractivity contribution in [2.45, 2.75) is 38.3 Å². The Kier molecular flexibility index (Phi) is 5.87. The number of rotatable bonds is 6. The molecule has 16 heavy (non-hydrogen) atoms. The van der Waals surface area contributed by atoms with Crippen molar-refractivity contribution in [1.82, 2.24) is 0 Å². The Hall–Kier alpha value is -1.24. The number of carbonyl (C=O) groups is 2. The highest BCUT2D eigenvalue weighted by Crippen LogP contribution is 2.08. The number of aliphatic hydroxyl groups excluding tert-OH is 3. The van der Waals surface area contributed by atoms with Gasteiger partial charge in [-0.1, -0.05) is 6.58 Å². The highest BCUT2D eigenvalue weighted by Gasteiger charge is 2.31. The van der Waals surface area contributed by atoms with E-state index in [2.05, 4.69) is 11.3 Å². The normalized spacial score (nSPS) is 18.1. The molecule has 0 aromatic carbocycles. The Morgan fingerprint density at radius 1 is 1.31 bits per heavy atom. The predicted octanol–water partition coefficient (Wildman–Crippen LogP) is -1.22. The SMILES string of the molecule is C=C(C)C(=O)O[C@H](C=O)[C@@H](O)[C@H](O)[C@@H](C)O. The van der Waals surface area contributed by atoms with Gasteiger partial charge in [-0.05, 0) is 13.8 Å². The van der Waals surface area contributed by atoms with Crippen molar-refractivity contribution in [3.05, 3.63) is 12.2 Å². The van der Waals surface area contributed by atoms with Gasteiger partial charge in [-0.2, -0.15) is 0 Å². The highest BCUT2D eigenvalue weighted by atomic mass is 16.6. The van der Waals surface area contributed by atoms with Gasteiger partial charge in [0, 0.05) is 5.57 Å². The Morgan fingerprint density at radius 3 is 2.12 bits per heavy atom. The monoisotopic (exact) mass is 232 g/mol. The van der Waals surface area contributed by atoms with Gasteiger partial charge >= 0.3 is 5.97 Å². The molecule has 0 heterocycles. The van der Waals surface area contributed by atoms with Gasteiger partial charge in [0.25, 0.3) is 0 Å². The zero-order chi connectivity index (χ0) is 12.9. The first-order valence-corrected chi connectivity index (χ1v) is 4.67. The van der Waals surface area contributed by atoms with Crippen LogP contribution in [0.5, 0.6) is 0 Å². The molecule has 0 aliphatic carbocycles. The number of hydrogen-bond acceptors (Lipinski definition) is 6. The average Bonchev–Trinajstić information content (AvgIpc) is 2.22. The molecule has 0 amide bonds. The number of esters is 1. The van der Waals surface area contributed by atoms with Crippen molar-refractivity contribution in [3.8, 4) is 0 Å². The number of aldehydes is 1. The summed E-state index contributed by atoms with van der Waals surface area (Å²) < 4.78 is 4.57. The third-order valence-corrected chi connectivity index (χ3v) is 1.91. The van der Waals surface area contributed by atoms with Gasteiger partial charge in [0.15, 0.2) is 12.4 Å². The van der Waals surface area contributed by atoms with Gasteiger partial charge < -0.3 is 20.1 Å². The molecule has 0 aromatic rings. The van der Waals surface area contributed by atoms with E-state index in [9.17, 15) is 19.8 Å². The van der Waals surface area contributed by atoms with Crippen molar-refractivity contribution in [2.24, 2.45) is 0 Å². The zero-order valence-corrected chi connectivity index (χ0v) is 9.16. The van der Waals surface area contributed by atoms with Gasteiger partial charge in [0.2, 0.25) is 0 Å². The van der Waals surface area contributed by atoms with Gasteiger partial charge in [-0.3, -0.25) is 4.79 Å². The molecule has 0 rings (SSSR count). The Labute approximate surface area is 93.2 Å². The first kappa shape index (κ1) is 14.8. The molecule has 0 spiro atoms. The molecule has 6 heteroatoms. The van der Waals surface area contributed by atoms with E-state index in [0.29, 0.717) is 0 Å². The predicted molar refractivity (Wildman–Crippen MR) is 54.5 cm³/mol. The van der Waals surface area contributed by atoms with Gasteiger partial charge in [0.1, 0.15) is 12.2 Å². The molecule has 0 aliphatic heterocycles. The molecular weight excluding hydrogens is 216 g/mol. The van der Waals surface area contributed by atoms with Crippen LogP contribution in [0, 0.1) is 0 Å². The van der Waals surface area contributed by atoms with E-state index in [0.717, 1.165) is 0 Å². The summed E-state index contributed by atoms with van der Waals surface area (Å²) in [4.78, 5) is 21.6. The lowest BCUT2D eigenvalue weighted by molar-refractivity contribution is -0.162. The summed E-state index contributed by atoms with van der Waals surface area (Å²) in [5.41, 5.74) is 0.0607. The zero-order valence-electron chi connectivity index (χ0n) is 9.16. The van der Waals surface area contributed by atoms with E-state index >= 15 is 0 Å². The summed E-state index contributed by atoms with van der Waals surface area (Å²) in [6.07, 6.45) is -5.86. The Morgan fingerprint density at radius 2 is 1.81 bits per heavy atom. The summed E-state index contributed by atoms with van der Waals surface area (Å²) in [6.45, 7) is 5.91. The van der Waals surface area contributed by atoms with Crippen molar-refractivity contribution in [1.29, 1.82) is 0 Å². The fraction of sp³-hybridized carbons (Fsp3) is 0.600. The summed E-state index contributed by atoms with van der Waals surface area (Å²) in [5, 5.41) is 27.7. The fourth-order valence-corrected chi connectivity index (χ4v) is 0.882. The van der Waals surface area contributed by atoms with Crippen LogP contribution in [0.15, 0.2) is 12.2 Å². The first-order chi connectivity index (χ1) is 7.31. The smallest absolute Gasteiger partial charge is 0.333 e. The molecule has 0 aromatic heterocycles. The van der Waals surface area contributed by atoms with Crippen molar-refractivity contribution >= 4 is 12.3 Å². The second kappa shape index (κ2) is 6.37. The first-order valence-electron chi connectivity index (χ1n) is 4.67. The average molecular weight is 232 g/mol. The molecule has 0 fully saturated rings. The molecule has 0 bridgehead atoms. The molecule has 0 radical (unpaired) electrons. The second-order valence-corrected chi connectivity index (χ2v) is 3.51. The van der Waals surface area contributed by atoms with Crippen molar-refractivity contribution < 1.29 is 29.6 Å². The van der Waals surface area contributed by atoms with E-state index in [1.165, 1.54) is 13.8 Å². The minimum absolute atomic E-state index is 0.0607. The minimum atomic E-state index is -1.68. The fourth-order valence-electron chi connectivity index (χ4n) is 0.882.